The van der Waals surface area contributed by atoms with Crippen molar-refractivity contribution >= 4 is 24.7 Å². The zero-order chi connectivity index (χ0) is 30.5. The highest BCUT2D eigenvalue weighted by molar-refractivity contribution is 5.82. The van der Waals surface area contributed by atoms with Crippen LogP contribution in [0.3, 0.4) is 0 Å². The molecule has 0 aromatic carbocycles. The number of amides is 3. The van der Waals surface area contributed by atoms with Crippen LogP contribution in [-0.2, 0) is 19.2 Å². The number of piperidine rings is 2. The summed E-state index contributed by atoms with van der Waals surface area (Å²) in [5.74, 6) is 1.26. The van der Waals surface area contributed by atoms with E-state index in [4.69, 9.17) is 9.90 Å². The van der Waals surface area contributed by atoms with Gasteiger partial charge in [-0.15, -0.1) is 0 Å². The lowest BCUT2D eigenvalue weighted by Gasteiger charge is -2.41. The van der Waals surface area contributed by atoms with Gasteiger partial charge in [-0.2, -0.15) is 0 Å². The van der Waals surface area contributed by atoms with Crippen molar-refractivity contribution in [3.63, 3.8) is 0 Å². The number of rotatable bonds is 8. The highest BCUT2D eigenvalue weighted by atomic mass is 16.3. The lowest BCUT2D eigenvalue weighted by atomic mass is 9.96. The van der Waals surface area contributed by atoms with E-state index in [9.17, 15) is 14.4 Å². The summed E-state index contributed by atoms with van der Waals surface area (Å²) in [5, 5.41) is 9.33. The van der Waals surface area contributed by atoms with Crippen molar-refractivity contribution in [1.82, 2.24) is 24.9 Å². The van der Waals surface area contributed by atoms with Gasteiger partial charge in [-0.1, -0.05) is 47.5 Å². The van der Waals surface area contributed by atoms with E-state index in [2.05, 4.69) is 56.8 Å². The zero-order valence-electron chi connectivity index (χ0n) is 26.4. The quantitative estimate of drug-likeness (QED) is 0.432. The van der Waals surface area contributed by atoms with Crippen LogP contribution < -0.4 is 5.32 Å². The summed E-state index contributed by atoms with van der Waals surface area (Å²) < 4.78 is 0. The van der Waals surface area contributed by atoms with E-state index >= 15 is 0 Å². The van der Waals surface area contributed by atoms with Crippen molar-refractivity contribution in [2.45, 2.75) is 98.1 Å². The Morgan fingerprint density at radius 3 is 1.85 bits per heavy atom. The molecule has 0 aliphatic carbocycles. The van der Waals surface area contributed by atoms with Gasteiger partial charge in [-0.25, -0.2) is 0 Å². The average Bonchev–Trinajstić information content (AvgIpc) is 3.46. The summed E-state index contributed by atoms with van der Waals surface area (Å²) in [5.41, 5.74) is 0. The lowest BCUT2D eigenvalue weighted by Crippen LogP contribution is -2.56. The van der Waals surface area contributed by atoms with Crippen LogP contribution in [0.4, 0.5) is 0 Å². The second-order valence-electron chi connectivity index (χ2n) is 12.1. The Bertz CT molecular complexity index is 691. The van der Waals surface area contributed by atoms with Crippen molar-refractivity contribution < 1.29 is 24.3 Å². The van der Waals surface area contributed by atoms with E-state index in [1.807, 2.05) is 4.90 Å². The molecular weight excluding hydrogens is 510 g/mol. The summed E-state index contributed by atoms with van der Waals surface area (Å²) in [6, 6.07) is -0.0392. The van der Waals surface area contributed by atoms with Gasteiger partial charge in [0.15, 0.2) is 0 Å². The number of hydrogen-bond acceptors (Lipinski definition) is 6. The predicted molar refractivity (Wildman–Crippen MR) is 161 cm³/mol. The number of likely N-dealkylation sites (N-methyl/N-ethyl adjacent to an activating group) is 1. The largest absolute Gasteiger partial charge is 0.483 e. The predicted octanol–water partition coefficient (Wildman–Crippen LogP) is 3.16. The molecule has 0 aromatic heterocycles. The second-order valence-corrected chi connectivity index (χ2v) is 12.1. The molecule has 3 aliphatic rings. The fourth-order valence-electron chi connectivity index (χ4n) is 5.15. The zero-order valence-corrected chi connectivity index (χ0v) is 26.4. The number of carboxylic acid groups (broad SMARTS) is 1. The number of carbonyl (C=O) groups is 4. The van der Waals surface area contributed by atoms with E-state index in [-0.39, 0.29) is 42.8 Å². The molecule has 234 valence electrons. The first kappa shape index (κ1) is 37.8. The molecular formula is C30H59N5O5. The van der Waals surface area contributed by atoms with Crippen LogP contribution in [0.2, 0.25) is 0 Å². The molecule has 0 spiro atoms. The maximum Gasteiger partial charge on any atom is 0.290 e. The van der Waals surface area contributed by atoms with Crippen molar-refractivity contribution in [3.8, 4) is 0 Å². The molecule has 0 radical (unpaired) electrons. The van der Waals surface area contributed by atoms with E-state index in [1.165, 1.54) is 32.4 Å². The van der Waals surface area contributed by atoms with Crippen LogP contribution in [0.15, 0.2) is 0 Å². The molecule has 2 atom stereocenters. The molecule has 3 aliphatic heterocycles. The minimum Gasteiger partial charge on any atom is -0.483 e. The highest BCUT2D eigenvalue weighted by Gasteiger charge is 2.35. The molecule has 3 amide bonds. The fourth-order valence-corrected chi connectivity index (χ4v) is 5.15. The number of likely N-dealkylation sites (tertiary alicyclic amines) is 3. The first-order valence-electron chi connectivity index (χ1n) is 15.2. The maximum atomic E-state index is 13.0. The molecule has 3 saturated heterocycles. The van der Waals surface area contributed by atoms with Crippen molar-refractivity contribution in [2.24, 2.45) is 11.8 Å². The summed E-state index contributed by atoms with van der Waals surface area (Å²) in [7, 11) is 3.99. The SMILES string of the molecule is CC(C)C.CC(C)[C@@H](CN1CCCC[C@H]1C(=O)N1CCCC1)N(C)C(=O)CNC=O.CN1CCCCC1.O=CO. The topological polar surface area (TPSA) is 114 Å². The number of nitrogens with one attached hydrogen (secondary N) is 1. The van der Waals surface area contributed by atoms with Crippen molar-refractivity contribution in [3.05, 3.63) is 0 Å². The summed E-state index contributed by atoms with van der Waals surface area (Å²) in [4.78, 5) is 52.5. The molecule has 0 saturated carbocycles. The Balaban J connectivity index is 0.000000888. The van der Waals surface area contributed by atoms with E-state index < -0.39 is 0 Å². The van der Waals surface area contributed by atoms with Crippen molar-refractivity contribution in [2.75, 3.05) is 59.9 Å². The molecule has 0 aromatic rings. The molecule has 10 nitrogen and oxygen atoms in total. The molecule has 10 heteroatoms. The molecule has 3 rings (SSSR count). The van der Waals surface area contributed by atoms with Crippen molar-refractivity contribution in [1.29, 1.82) is 0 Å². The van der Waals surface area contributed by atoms with Gasteiger partial charge in [-0.05, 0) is 77.0 Å². The monoisotopic (exact) mass is 569 g/mol. The minimum atomic E-state index is -0.250. The first-order chi connectivity index (χ1) is 19.0. The molecule has 40 heavy (non-hydrogen) atoms. The Morgan fingerprint density at radius 2 is 1.40 bits per heavy atom. The fraction of sp³-hybridized carbons (Fsp3) is 0.867. The normalized spacial score (nSPS) is 20.1. The van der Waals surface area contributed by atoms with E-state index in [0.29, 0.717) is 13.0 Å². The average molecular weight is 570 g/mol. The number of nitrogens with zero attached hydrogens (tertiary/aromatic N) is 4. The highest BCUT2D eigenvalue weighted by Crippen LogP contribution is 2.23. The van der Waals surface area contributed by atoms with Crippen LogP contribution in [-0.4, -0.2) is 121 Å². The number of carbonyl (C=O) groups excluding carboxylic acids is 3. The Hall–Kier alpha value is -2.20. The van der Waals surface area contributed by atoms with Gasteiger partial charge in [0.05, 0.1) is 12.6 Å². The third-order valence-electron chi connectivity index (χ3n) is 7.31. The van der Waals surface area contributed by atoms with Gasteiger partial charge >= 0.3 is 0 Å². The summed E-state index contributed by atoms with van der Waals surface area (Å²) in [6.07, 6.45) is 10.1. The number of hydrogen-bond donors (Lipinski definition) is 2. The maximum absolute atomic E-state index is 13.0. The van der Waals surface area contributed by atoms with Gasteiger partial charge in [0.1, 0.15) is 0 Å². The Morgan fingerprint density at radius 1 is 0.900 bits per heavy atom. The van der Waals surface area contributed by atoms with E-state index in [1.54, 1.807) is 11.9 Å². The van der Waals surface area contributed by atoms with Crippen LogP contribution >= 0.6 is 0 Å². The van der Waals surface area contributed by atoms with Crippen LogP contribution in [0.5, 0.6) is 0 Å². The van der Waals surface area contributed by atoms with E-state index in [0.717, 1.165) is 57.7 Å². The van der Waals surface area contributed by atoms with Gasteiger partial charge < -0.3 is 25.1 Å². The van der Waals surface area contributed by atoms with Gasteiger partial charge in [0.25, 0.3) is 6.47 Å². The first-order valence-corrected chi connectivity index (χ1v) is 15.2. The second kappa shape index (κ2) is 22.5. The molecule has 0 bridgehead atoms. The summed E-state index contributed by atoms with van der Waals surface area (Å²) >= 11 is 0. The molecule has 3 fully saturated rings. The Kier molecular flexibility index (Phi) is 21.2. The Labute approximate surface area is 243 Å². The molecule has 3 heterocycles. The van der Waals surface area contributed by atoms with Crippen LogP contribution in [0.1, 0.15) is 86.0 Å². The van der Waals surface area contributed by atoms with Crippen LogP contribution in [0.25, 0.3) is 0 Å². The third-order valence-corrected chi connectivity index (χ3v) is 7.31. The minimum absolute atomic E-state index is 0.0133. The molecule has 0 unspecified atom stereocenters. The van der Waals surface area contributed by atoms with Crippen LogP contribution in [0, 0.1) is 11.8 Å². The standard InChI is InChI=1S/C19H34N4O3.C6H13N.C4H10.CH2O2/c1-15(2)17(21(3)18(25)12-20-14-24)13-23-11-5-4-8-16(23)19(26)22-9-6-7-10-22;1-7-5-3-2-4-6-7;1-4(2)3;2-1-3/h14-17H,4-13H2,1-3H3,(H,20,24);2-6H2,1H3;4H,1-3H3;1H,(H,2,3)/t16-,17+;;;/m0.../s1. The van der Waals surface area contributed by atoms with Gasteiger partial charge in [-0.3, -0.25) is 24.1 Å². The third kappa shape index (κ3) is 16.2. The van der Waals surface area contributed by atoms with Gasteiger partial charge in [0, 0.05) is 32.7 Å². The summed E-state index contributed by atoms with van der Waals surface area (Å²) in [6.45, 7) is 16.5. The lowest BCUT2D eigenvalue weighted by molar-refractivity contribution is -0.138. The van der Waals surface area contributed by atoms with Gasteiger partial charge in [0.2, 0.25) is 18.2 Å². The molecule has 2 N–H and O–H groups in total. The smallest absolute Gasteiger partial charge is 0.290 e.